The van der Waals surface area contributed by atoms with Gasteiger partial charge in [-0.25, -0.2) is 4.98 Å². The van der Waals surface area contributed by atoms with Crippen LogP contribution in [0.25, 0.3) is 11.0 Å². The molecule has 0 saturated carbocycles. The topological polar surface area (TPSA) is 34.0 Å². The second-order valence-corrected chi connectivity index (χ2v) is 5.35. The monoisotopic (exact) mass is 278 g/mol. The Hall–Kier alpha value is -1.13. The average Bonchev–Trinajstić information content (AvgIpc) is 3.06. The minimum absolute atomic E-state index is 0.457. The van der Waals surface area contributed by atoms with E-state index in [2.05, 4.69) is 19.4 Å². The number of alkyl halides is 1. The number of hydrogen-bond acceptors (Lipinski definition) is 3. The summed E-state index contributed by atoms with van der Waals surface area (Å²) in [6.45, 7) is 4.68. The third-order valence-corrected chi connectivity index (χ3v) is 4.04. The number of imidazole rings is 1. The van der Waals surface area contributed by atoms with Gasteiger partial charge in [-0.3, -0.25) is 4.98 Å². The molecule has 3 heterocycles. The minimum atomic E-state index is 0.457. The Kier molecular flexibility index (Phi) is 3.99. The van der Waals surface area contributed by atoms with Gasteiger partial charge in [-0.2, -0.15) is 0 Å². The molecule has 1 aliphatic heterocycles. The van der Waals surface area contributed by atoms with E-state index in [9.17, 15) is 0 Å². The Morgan fingerprint density at radius 3 is 2.84 bits per heavy atom. The van der Waals surface area contributed by atoms with Gasteiger partial charge >= 0.3 is 0 Å². The highest BCUT2D eigenvalue weighted by molar-refractivity contribution is 6.16. The molecule has 0 N–H and O–H groups in total. The fourth-order valence-electron chi connectivity index (χ4n) is 2.84. The molecule has 1 aliphatic rings. The van der Waals surface area contributed by atoms with Gasteiger partial charge in [0, 0.05) is 12.7 Å². The van der Waals surface area contributed by atoms with Crippen LogP contribution in [0.4, 0.5) is 0 Å². The number of aromatic nitrogens is 3. The summed E-state index contributed by atoms with van der Waals surface area (Å²) in [6, 6.07) is 2.02. The third kappa shape index (κ3) is 2.74. The van der Waals surface area contributed by atoms with Crippen molar-refractivity contribution in [2.45, 2.75) is 31.7 Å². The predicted molar refractivity (Wildman–Crippen MR) is 77.4 cm³/mol. The van der Waals surface area contributed by atoms with Gasteiger partial charge < -0.3 is 9.47 Å². The van der Waals surface area contributed by atoms with E-state index < -0.39 is 0 Å². The van der Waals surface area contributed by atoms with Gasteiger partial charge in [-0.15, -0.1) is 11.6 Å². The first-order valence-corrected chi connectivity index (χ1v) is 7.49. The van der Waals surface area contributed by atoms with Crippen LogP contribution in [0.1, 0.15) is 25.1 Å². The number of hydrogen-bond donors (Lipinski definition) is 0. The summed E-state index contributed by atoms with van der Waals surface area (Å²) in [7, 11) is 0. The van der Waals surface area contributed by atoms with Crippen molar-refractivity contribution < 1.29 is 0 Å². The molecule has 102 valence electrons. The summed E-state index contributed by atoms with van der Waals surface area (Å²) in [4.78, 5) is 11.2. The van der Waals surface area contributed by atoms with Gasteiger partial charge in [0.15, 0.2) is 0 Å². The fourth-order valence-corrected chi connectivity index (χ4v) is 3.05. The highest BCUT2D eigenvalue weighted by atomic mass is 35.5. The molecule has 3 rings (SSSR count). The zero-order valence-electron chi connectivity index (χ0n) is 11.1. The van der Waals surface area contributed by atoms with Crippen LogP contribution in [-0.2, 0) is 12.4 Å². The van der Waals surface area contributed by atoms with E-state index in [-0.39, 0.29) is 0 Å². The molecule has 1 fully saturated rings. The summed E-state index contributed by atoms with van der Waals surface area (Å²) >= 11 is 6.00. The normalized spacial score (nSPS) is 16.5. The van der Waals surface area contributed by atoms with Crippen molar-refractivity contribution in [1.29, 1.82) is 0 Å². The molecule has 0 aliphatic carbocycles. The van der Waals surface area contributed by atoms with E-state index >= 15 is 0 Å². The number of likely N-dealkylation sites (tertiary alicyclic amines) is 1. The molecule has 2 aromatic rings. The average molecular weight is 279 g/mol. The summed E-state index contributed by atoms with van der Waals surface area (Å²) in [5, 5.41) is 0. The quantitative estimate of drug-likeness (QED) is 0.789. The van der Waals surface area contributed by atoms with Crippen molar-refractivity contribution in [3.8, 4) is 0 Å². The third-order valence-electron chi connectivity index (χ3n) is 3.80. The maximum Gasteiger partial charge on any atom is 0.124 e. The lowest BCUT2D eigenvalue weighted by Crippen LogP contribution is -2.21. The molecule has 1 saturated heterocycles. The first-order valence-electron chi connectivity index (χ1n) is 6.96. The van der Waals surface area contributed by atoms with Crippen molar-refractivity contribution in [3.63, 3.8) is 0 Å². The maximum atomic E-state index is 6.00. The zero-order valence-corrected chi connectivity index (χ0v) is 11.8. The van der Waals surface area contributed by atoms with Crippen LogP contribution < -0.4 is 0 Å². The molecule has 19 heavy (non-hydrogen) atoms. The molecule has 5 heteroatoms. The van der Waals surface area contributed by atoms with Gasteiger partial charge in [0.05, 0.1) is 17.6 Å². The number of rotatable bonds is 5. The lowest BCUT2D eigenvalue weighted by molar-refractivity contribution is 0.325. The molecule has 2 aromatic heterocycles. The van der Waals surface area contributed by atoms with E-state index in [4.69, 9.17) is 11.6 Å². The molecule has 4 nitrogen and oxygen atoms in total. The molecular formula is C14H19ClN4. The Balaban J connectivity index is 1.71. The molecule has 0 bridgehead atoms. The largest absolute Gasteiger partial charge is 0.327 e. The van der Waals surface area contributed by atoms with Crippen LogP contribution in [0, 0.1) is 0 Å². The Morgan fingerprint density at radius 2 is 2.05 bits per heavy atom. The highest BCUT2D eigenvalue weighted by Gasteiger charge is 2.12. The number of fused-ring (bicyclic) bond motifs is 1. The smallest absolute Gasteiger partial charge is 0.124 e. The van der Waals surface area contributed by atoms with Crippen LogP contribution in [-0.4, -0.2) is 39.1 Å². The molecule has 0 radical (unpaired) electrons. The van der Waals surface area contributed by atoms with Crippen molar-refractivity contribution in [1.82, 2.24) is 19.4 Å². The molecular weight excluding hydrogens is 260 g/mol. The highest BCUT2D eigenvalue weighted by Crippen LogP contribution is 2.17. The number of pyridine rings is 1. The first-order chi connectivity index (χ1) is 9.38. The van der Waals surface area contributed by atoms with Gasteiger partial charge in [0.1, 0.15) is 11.3 Å². The van der Waals surface area contributed by atoms with E-state index in [1.807, 2.05) is 18.5 Å². The fraction of sp³-hybridized carbons (Fsp3) is 0.571. The van der Waals surface area contributed by atoms with Crippen molar-refractivity contribution in [2.75, 3.05) is 19.6 Å². The van der Waals surface area contributed by atoms with Crippen LogP contribution in [0.3, 0.4) is 0 Å². The summed E-state index contributed by atoms with van der Waals surface area (Å²) in [5.74, 6) is 1.41. The predicted octanol–water partition coefficient (Wildman–Crippen LogP) is 2.66. The summed E-state index contributed by atoms with van der Waals surface area (Å²) in [6.07, 6.45) is 7.48. The van der Waals surface area contributed by atoms with E-state index in [1.54, 1.807) is 0 Å². The first kappa shape index (κ1) is 12.9. The van der Waals surface area contributed by atoms with E-state index in [0.717, 1.165) is 29.8 Å². The molecule has 0 spiro atoms. The number of halogens is 1. The summed E-state index contributed by atoms with van der Waals surface area (Å²) < 4.78 is 2.24. The Labute approximate surface area is 118 Å². The van der Waals surface area contributed by atoms with Crippen LogP contribution in [0.2, 0.25) is 0 Å². The van der Waals surface area contributed by atoms with Crippen molar-refractivity contribution in [3.05, 3.63) is 24.3 Å². The minimum Gasteiger partial charge on any atom is -0.327 e. The Bertz CT molecular complexity index is 545. The van der Waals surface area contributed by atoms with Crippen LogP contribution >= 0.6 is 11.6 Å². The van der Waals surface area contributed by atoms with Crippen molar-refractivity contribution in [2.24, 2.45) is 0 Å². The zero-order chi connectivity index (χ0) is 13.1. The van der Waals surface area contributed by atoms with Gasteiger partial charge in [0.25, 0.3) is 0 Å². The Morgan fingerprint density at radius 1 is 1.21 bits per heavy atom. The van der Waals surface area contributed by atoms with Gasteiger partial charge in [-0.1, -0.05) is 0 Å². The molecule has 0 atom stereocenters. The summed E-state index contributed by atoms with van der Waals surface area (Å²) in [5.41, 5.74) is 2.09. The molecule has 0 amide bonds. The molecule has 0 unspecified atom stereocenters. The van der Waals surface area contributed by atoms with Crippen molar-refractivity contribution >= 4 is 22.6 Å². The molecule has 0 aromatic carbocycles. The second kappa shape index (κ2) is 5.88. The lowest BCUT2D eigenvalue weighted by atomic mass is 10.3. The second-order valence-electron chi connectivity index (χ2n) is 5.08. The van der Waals surface area contributed by atoms with Crippen LogP contribution in [0.15, 0.2) is 18.5 Å². The van der Waals surface area contributed by atoms with E-state index in [1.165, 1.54) is 32.5 Å². The standard InChI is InChI=1S/C14H19ClN4/c15-10-14-17-12-11-16-5-4-13(12)19(14)9-3-8-18-6-1-2-7-18/h4-5,11H,1-3,6-10H2. The number of aryl methyl sites for hydroxylation is 1. The lowest BCUT2D eigenvalue weighted by Gasteiger charge is -2.15. The maximum absolute atomic E-state index is 6.00. The van der Waals surface area contributed by atoms with Gasteiger partial charge in [0.2, 0.25) is 0 Å². The van der Waals surface area contributed by atoms with Gasteiger partial charge in [-0.05, 0) is 45.0 Å². The number of nitrogens with zero attached hydrogens (tertiary/aromatic N) is 4. The van der Waals surface area contributed by atoms with Crippen LogP contribution in [0.5, 0.6) is 0 Å². The SMILES string of the molecule is ClCc1nc2cnccc2n1CCCN1CCCC1. The van der Waals surface area contributed by atoms with E-state index in [0.29, 0.717) is 5.88 Å².